The third-order valence-corrected chi connectivity index (χ3v) is 2.67. The van der Waals surface area contributed by atoms with Gasteiger partial charge in [-0.25, -0.2) is 0 Å². The van der Waals surface area contributed by atoms with Gasteiger partial charge < -0.3 is 10.1 Å². The number of benzene rings is 1. The summed E-state index contributed by atoms with van der Waals surface area (Å²) < 4.78 is 5.47. The summed E-state index contributed by atoms with van der Waals surface area (Å²) in [4.78, 5) is 11.5. The first kappa shape index (κ1) is 14.6. The average molecular weight is 249 g/mol. The maximum absolute atomic E-state index is 11.5. The lowest BCUT2D eigenvalue weighted by molar-refractivity contribution is -0.123. The number of aryl methyl sites for hydroxylation is 2. The molecule has 3 nitrogen and oxygen atoms in total. The van der Waals surface area contributed by atoms with Crippen molar-refractivity contribution in [3.8, 4) is 5.75 Å². The zero-order valence-electron chi connectivity index (χ0n) is 11.6. The SMILES string of the molecule is CCCCCNC(=O)COc1cc(C)cc(C)c1. The maximum Gasteiger partial charge on any atom is 0.257 e. The molecule has 0 saturated carbocycles. The molecule has 0 fully saturated rings. The minimum Gasteiger partial charge on any atom is -0.484 e. The van der Waals surface area contributed by atoms with Crippen LogP contribution in [-0.2, 0) is 4.79 Å². The van der Waals surface area contributed by atoms with Crippen LogP contribution >= 0.6 is 0 Å². The molecular weight excluding hydrogens is 226 g/mol. The van der Waals surface area contributed by atoms with E-state index in [2.05, 4.69) is 18.3 Å². The molecule has 1 amide bonds. The number of rotatable bonds is 7. The fourth-order valence-electron chi connectivity index (χ4n) is 1.82. The summed E-state index contributed by atoms with van der Waals surface area (Å²) in [5.41, 5.74) is 2.29. The van der Waals surface area contributed by atoms with E-state index in [4.69, 9.17) is 4.74 Å². The Kier molecular flexibility index (Phi) is 6.26. The van der Waals surface area contributed by atoms with Gasteiger partial charge in [-0.1, -0.05) is 25.8 Å². The van der Waals surface area contributed by atoms with Crippen LogP contribution in [0.1, 0.15) is 37.3 Å². The van der Waals surface area contributed by atoms with Crippen LogP contribution in [0.4, 0.5) is 0 Å². The predicted octanol–water partition coefficient (Wildman–Crippen LogP) is 2.99. The Hall–Kier alpha value is -1.51. The minimum atomic E-state index is -0.0507. The molecule has 1 rings (SSSR count). The molecule has 0 bridgehead atoms. The van der Waals surface area contributed by atoms with Gasteiger partial charge in [-0.2, -0.15) is 0 Å². The number of hydrogen-bond donors (Lipinski definition) is 1. The number of nitrogens with one attached hydrogen (secondary N) is 1. The second kappa shape index (κ2) is 7.75. The Morgan fingerprint density at radius 2 is 1.83 bits per heavy atom. The second-order valence-corrected chi connectivity index (χ2v) is 4.67. The first-order valence-electron chi connectivity index (χ1n) is 6.59. The third kappa shape index (κ3) is 5.71. The lowest BCUT2D eigenvalue weighted by atomic mass is 10.1. The van der Waals surface area contributed by atoms with Crippen molar-refractivity contribution < 1.29 is 9.53 Å². The highest BCUT2D eigenvalue weighted by atomic mass is 16.5. The van der Waals surface area contributed by atoms with Crippen LogP contribution in [0.2, 0.25) is 0 Å². The van der Waals surface area contributed by atoms with Crippen molar-refractivity contribution in [1.82, 2.24) is 5.32 Å². The molecule has 1 N–H and O–H groups in total. The average Bonchev–Trinajstić information content (AvgIpc) is 2.31. The summed E-state index contributed by atoms with van der Waals surface area (Å²) in [7, 11) is 0. The molecule has 0 aliphatic heterocycles. The van der Waals surface area contributed by atoms with Crippen molar-refractivity contribution in [2.75, 3.05) is 13.2 Å². The molecule has 0 saturated heterocycles. The zero-order chi connectivity index (χ0) is 13.4. The molecule has 0 aliphatic carbocycles. The van der Waals surface area contributed by atoms with Gasteiger partial charge in [-0.3, -0.25) is 4.79 Å². The Morgan fingerprint density at radius 1 is 1.17 bits per heavy atom. The van der Waals surface area contributed by atoms with Crippen LogP contribution < -0.4 is 10.1 Å². The molecule has 100 valence electrons. The van der Waals surface area contributed by atoms with Crippen molar-refractivity contribution >= 4 is 5.91 Å². The van der Waals surface area contributed by atoms with Crippen molar-refractivity contribution in [3.05, 3.63) is 29.3 Å². The van der Waals surface area contributed by atoms with Crippen molar-refractivity contribution in [3.63, 3.8) is 0 Å². The monoisotopic (exact) mass is 249 g/mol. The van der Waals surface area contributed by atoms with Gasteiger partial charge in [-0.15, -0.1) is 0 Å². The quantitative estimate of drug-likeness (QED) is 0.754. The van der Waals surface area contributed by atoms with Crippen LogP contribution in [0.25, 0.3) is 0 Å². The molecule has 0 spiro atoms. The molecule has 3 heteroatoms. The van der Waals surface area contributed by atoms with Gasteiger partial charge in [0.25, 0.3) is 5.91 Å². The number of amides is 1. The highest BCUT2D eigenvalue weighted by Gasteiger charge is 2.02. The van der Waals surface area contributed by atoms with Crippen LogP contribution in [0.5, 0.6) is 5.75 Å². The summed E-state index contributed by atoms with van der Waals surface area (Å²) in [6.45, 7) is 7.01. The zero-order valence-corrected chi connectivity index (χ0v) is 11.6. The number of unbranched alkanes of at least 4 members (excludes halogenated alkanes) is 2. The van der Waals surface area contributed by atoms with E-state index in [0.29, 0.717) is 0 Å². The van der Waals surface area contributed by atoms with Gasteiger partial charge in [0, 0.05) is 6.54 Å². The Labute approximate surface area is 110 Å². The van der Waals surface area contributed by atoms with Gasteiger partial charge in [0.15, 0.2) is 6.61 Å². The molecule has 0 unspecified atom stereocenters. The van der Waals surface area contributed by atoms with E-state index in [1.807, 2.05) is 26.0 Å². The number of carbonyl (C=O) groups is 1. The maximum atomic E-state index is 11.5. The van der Waals surface area contributed by atoms with E-state index < -0.39 is 0 Å². The van der Waals surface area contributed by atoms with Gasteiger partial charge in [0.2, 0.25) is 0 Å². The van der Waals surface area contributed by atoms with Crippen LogP contribution in [0, 0.1) is 13.8 Å². The van der Waals surface area contributed by atoms with Crippen LogP contribution in [0.3, 0.4) is 0 Å². The largest absolute Gasteiger partial charge is 0.484 e. The topological polar surface area (TPSA) is 38.3 Å². The molecule has 1 aromatic rings. The van der Waals surface area contributed by atoms with E-state index in [-0.39, 0.29) is 12.5 Å². The van der Waals surface area contributed by atoms with E-state index in [1.165, 1.54) is 0 Å². The van der Waals surface area contributed by atoms with Crippen LogP contribution in [0.15, 0.2) is 18.2 Å². The van der Waals surface area contributed by atoms with Crippen LogP contribution in [-0.4, -0.2) is 19.1 Å². The highest BCUT2D eigenvalue weighted by molar-refractivity contribution is 5.77. The summed E-state index contributed by atoms with van der Waals surface area (Å²) in [6.07, 6.45) is 3.35. The number of hydrogen-bond acceptors (Lipinski definition) is 2. The Balaban J connectivity index is 2.29. The minimum absolute atomic E-state index is 0.0507. The molecule has 0 radical (unpaired) electrons. The lowest BCUT2D eigenvalue weighted by Gasteiger charge is -2.08. The molecule has 0 aliphatic rings. The molecule has 18 heavy (non-hydrogen) atoms. The van der Waals surface area contributed by atoms with Crippen molar-refractivity contribution in [1.29, 1.82) is 0 Å². The first-order valence-corrected chi connectivity index (χ1v) is 6.59. The van der Waals surface area contributed by atoms with Gasteiger partial charge >= 0.3 is 0 Å². The lowest BCUT2D eigenvalue weighted by Crippen LogP contribution is -2.29. The Morgan fingerprint density at radius 3 is 2.44 bits per heavy atom. The standard InChI is InChI=1S/C15H23NO2/c1-4-5-6-7-16-15(17)11-18-14-9-12(2)8-13(3)10-14/h8-10H,4-7,11H2,1-3H3,(H,16,17). The summed E-state index contributed by atoms with van der Waals surface area (Å²) in [5.74, 6) is 0.710. The second-order valence-electron chi connectivity index (χ2n) is 4.67. The fourth-order valence-corrected chi connectivity index (χ4v) is 1.82. The fraction of sp³-hybridized carbons (Fsp3) is 0.533. The van der Waals surface area contributed by atoms with E-state index in [0.717, 1.165) is 42.7 Å². The normalized spacial score (nSPS) is 10.2. The van der Waals surface area contributed by atoms with E-state index in [1.54, 1.807) is 0 Å². The molecule has 0 aromatic heterocycles. The number of carbonyl (C=O) groups excluding carboxylic acids is 1. The van der Waals surface area contributed by atoms with E-state index >= 15 is 0 Å². The summed E-state index contributed by atoms with van der Waals surface area (Å²) in [5, 5.41) is 2.85. The highest BCUT2D eigenvalue weighted by Crippen LogP contribution is 2.15. The third-order valence-electron chi connectivity index (χ3n) is 2.67. The van der Waals surface area contributed by atoms with Crippen molar-refractivity contribution in [2.24, 2.45) is 0 Å². The first-order chi connectivity index (χ1) is 8.61. The smallest absolute Gasteiger partial charge is 0.257 e. The van der Waals surface area contributed by atoms with E-state index in [9.17, 15) is 4.79 Å². The van der Waals surface area contributed by atoms with Gasteiger partial charge in [0.1, 0.15) is 5.75 Å². The number of ether oxygens (including phenoxy) is 1. The molecule has 0 heterocycles. The summed E-state index contributed by atoms with van der Waals surface area (Å²) in [6, 6.07) is 5.96. The summed E-state index contributed by atoms with van der Waals surface area (Å²) >= 11 is 0. The van der Waals surface area contributed by atoms with Gasteiger partial charge in [0.05, 0.1) is 0 Å². The Bertz CT molecular complexity index is 368. The van der Waals surface area contributed by atoms with Crippen molar-refractivity contribution in [2.45, 2.75) is 40.0 Å². The molecule has 1 aromatic carbocycles. The van der Waals surface area contributed by atoms with Gasteiger partial charge in [-0.05, 0) is 43.5 Å². The molecule has 0 atom stereocenters. The molecular formula is C15H23NO2. The predicted molar refractivity (Wildman–Crippen MR) is 73.9 cm³/mol.